The average Bonchev–Trinajstić information content (AvgIpc) is 2.76. The number of furan rings is 1. The van der Waals surface area contributed by atoms with Crippen LogP contribution in [0.15, 0.2) is 22.8 Å². The minimum atomic E-state index is -3.32. The van der Waals surface area contributed by atoms with Gasteiger partial charge in [-0.1, -0.05) is 0 Å². The molecule has 0 saturated carbocycles. The van der Waals surface area contributed by atoms with Gasteiger partial charge in [-0.2, -0.15) is 0 Å². The van der Waals surface area contributed by atoms with Crippen molar-refractivity contribution < 1.29 is 17.6 Å². The molecule has 6 nitrogen and oxygen atoms in total. The molecule has 0 unspecified atom stereocenters. The van der Waals surface area contributed by atoms with Gasteiger partial charge < -0.3 is 9.73 Å². The molecule has 7 heteroatoms. The Morgan fingerprint density at radius 2 is 2.25 bits per heavy atom. The van der Waals surface area contributed by atoms with E-state index in [1.807, 2.05) is 0 Å². The van der Waals surface area contributed by atoms with Gasteiger partial charge in [-0.15, -0.1) is 0 Å². The van der Waals surface area contributed by atoms with E-state index in [0.717, 1.165) is 0 Å². The second kappa shape index (κ2) is 5.66. The van der Waals surface area contributed by atoms with Crippen molar-refractivity contribution >= 4 is 15.9 Å². The number of sulfonamides is 1. The van der Waals surface area contributed by atoms with E-state index in [2.05, 4.69) is 10.0 Å². The third kappa shape index (κ3) is 4.45. The number of carbonyl (C=O) groups excluding carboxylic acids is 1. The van der Waals surface area contributed by atoms with E-state index in [0.29, 0.717) is 5.76 Å². The minimum absolute atomic E-state index is 0.0432. The second-order valence-corrected chi connectivity index (χ2v) is 5.18. The molecule has 0 saturated heterocycles. The topological polar surface area (TPSA) is 88.4 Å². The van der Waals surface area contributed by atoms with Gasteiger partial charge in [-0.05, 0) is 19.1 Å². The Morgan fingerprint density at radius 1 is 1.50 bits per heavy atom. The zero-order valence-corrected chi connectivity index (χ0v) is 9.71. The standard InChI is InChI=1S/C9H14N2O4S/c1-2-16(13,14)11-7-9(12)10-6-8-4-3-5-15-8/h3-5,11H,2,6-7H2,1H3,(H,10,12). The summed E-state index contributed by atoms with van der Waals surface area (Å²) in [7, 11) is -3.32. The maximum absolute atomic E-state index is 11.2. The van der Waals surface area contributed by atoms with Crippen LogP contribution in [0, 0.1) is 0 Å². The predicted octanol–water partition coefficient (Wildman–Crippen LogP) is -0.165. The van der Waals surface area contributed by atoms with E-state index >= 15 is 0 Å². The quantitative estimate of drug-likeness (QED) is 0.729. The van der Waals surface area contributed by atoms with Crippen molar-refractivity contribution in [2.75, 3.05) is 12.3 Å². The Balaban J connectivity index is 2.27. The number of hydrogen-bond donors (Lipinski definition) is 2. The predicted molar refractivity (Wildman–Crippen MR) is 58.0 cm³/mol. The van der Waals surface area contributed by atoms with Crippen molar-refractivity contribution in [1.29, 1.82) is 0 Å². The summed E-state index contributed by atoms with van der Waals surface area (Å²) in [5, 5.41) is 2.52. The molecular weight excluding hydrogens is 232 g/mol. The lowest BCUT2D eigenvalue weighted by molar-refractivity contribution is -0.120. The lowest BCUT2D eigenvalue weighted by Crippen LogP contribution is -2.37. The van der Waals surface area contributed by atoms with E-state index in [1.165, 1.54) is 13.2 Å². The molecule has 0 bridgehead atoms. The van der Waals surface area contributed by atoms with Gasteiger partial charge in [0.1, 0.15) is 5.76 Å². The molecule has 0 aliphatic carbocycles. The molecule has 2 N–H and O–H groups in total. The monoisotopic (exact) mass is 246 g/mol. The summed E-state index contributed by atoms with van der Waals surface area (Å²) >= 11 is 0. The molecule has 1 aromatic rings. The van der Waals surface area contributed by atoms with Gasteiger partial charge in [-0.25, -0.2) is 13.1 Å². The molecular formula is C9H14N2O4S. The molecule has 1 aromatic heterocycles. The normalized spacial score (nSPS) is 11.3. The third-order valence-electron chi connectivity index (χ3n) is 1.87. The summed E-state index contributed by atoms with van der Waals surface area (Å²) in [6, 6.07) is 3.43. The maximum atomic E-state index is 11.2. The third-order valence-corrected chi connectivity index (χ3v) is 3.22. The van der Waals surface area contributed by atoms with Crippen LogP contribution in [0.25, 0.3) is 0 Å². The fourth-order valence-corrected chi connectivity index (χ4v) is 1.49. The number of carbonyl (C=O) groups is 1. The van der Waals surface area contributed by atoms with Gasteiger partial charge in [0, 0.05) is 0 Å². The van der Waals surface area contributed by atoms with E-state index in [-0.39, 0.29) is 18.8 Å². The summed E-state index contributed by atoms with van der Waals surface area (Å²) in [6.07, 6.45) is 1.50. The Kier molecular flexibility index (Phi) is 4.51. The highest BCUT2D eigenvalue weighted by Crippen LogP contribution is 1.97. The van der Waals surface area contributed by atoms with Gasteiger partial charge >= 0.3 is 0 Å². The first-order chi connectivity index (χ1) is 7.53. The van der Waals surface area contributed by atoms with E-state index in [9.17, 15) is 13.2 Å². The molecule has 0 radical (unpaired) electrons. The second-order valence-electron chi connectivity index (χ2n) is 3.08. The van der Waals surface area contributed by atoms with Gasteiger partial charge in [0.15, 0.2) is 0 Å². The van der Waals surface area contributed by atoms with Gasteiger partial charge in [0.05, 0.1) is 25.1 Å². The first-order valence-electron chi connectivity index (χ1n) is 4.80. The molecule has 0 aromatic carbocycles. The number of amides is 1. The lowest BCUT2D eigenvalue weighted by atomic mass is 10.4. The Labute approximate surface area is 94.1 Å². The highest BCUT2D eigenvalue weighted by molar-refractivity contribution is 7.89. The van der Waals surface area contributed by atoms with Gasteiger partial charge in [-0.3, -0.25) is 4.79 Å². The summed E-state index contributed by atoms with van der Waals surface area (Å²) < 4.78 is 29.2. The van der Waals surface area contributed by atoms with Crippen LogP contribution in [0.2, 0.25) is 0 Å². The van der Waals surface area contributed by atoms with E-state index < -0.39 is 15.9 Å². The SMILES string of the molecule is CCS(=O)(=O)NCC(=O)NCc1ccco1. The Hall–Kier alpha value is -1.34. The van der Waals surface area contributed by atoms with Crippen molar-refractivity contribution in [3.8, 4) is 0 Å². The first kappa shape index (κ1) is 12.7. The van der Waals surface area contributed by atoms with Crippen LogP contribution in [0.5, 0.6) is 0 Å². The molecule has 1 amide bonds. The fourth-order valence-electron chi connectivity index (χ4n) is 0.939. The molecule has 0 fully saturated rings. The molecule has 16 heavy (non-hydrogen) atoms. The van der Waals surface area contributed by atoms with Crippen molar-refractivity contribution in [2.24, 2.45) is 0 Å². The van der Waals surface area contributed by atoms with Crippen LogP contribution >= 0.6 is 0 Å². The highest BCUT2D eigenvalue weighted by Gasteiger charge is 2.09. The zero-order chi connectivity index (χ0) is 12.0. The molecule has 0 aliphatic rings. The lowest BCUT2D eigenvalue weighted by Gasteiger charge is -2.04. The van der Waals surface area contributed by atoms with E-state index in [1.54, 1.807) is 12.1 Å². The minimum Gasteiger partial charge on any atom is -0.467 e. The molecule has 1 heterocycles. The summed E-state index contributed by atoms with van der Waals surface area (Å²) in [5.41, 5.74) is 0. The van der Waals surface area contributed by atoms with Crippen LogP contribution in [-0.4, -0.2) is 26.6 Å². The van der Waals surface area contributed by atoms with Crippen LogP contribution in [0.1, 0.15) is 12.7 Å². The highest BCUT2D eigenvalue weighted by atomic mass is 32.2. The molecule has 0 aliphatic heterocycles. The molecule has 90 valence electrons. The van der Waals surface area contributed by atoms with Crippen molar-refractivity contribution in [2.45, 2.75) is 13.5 Å². The van der Waals surface area contributed by atoms with Gasteiger partial charge in [0.2, 0.25) is 15.9 Å². The van der Waals surface area contributed by atoms with Crippen LogP contribution < -0.4 is 10.0 Å². The van der Waals surface area contributed by atoms with Gasteiger partial charge in [0.25, 0.3) is 0 Å². The van der Waals surface area contributed by atoms with E-state index in [4.69, 9.17) is 4.42 Å². The van der Waals surface area contributed by atoms with Crippen LogP contribution in [-0.2, 0) is 21.4 Å². The molecule has 0 spiro atoms. The van der Waals surface area contributed by atoms with Crippen molar-refractivity contribution in [3.05, 3.63) is 24.2 Å². The summed E-state index contributed by atoms with van der Waals surface area (Å²) in [6.45, 7) is 1.50. The first-order valence-corrected chi connectivity index (χ1v) is 6.45. The average molecular weight is 246 g/mol. The largest absolute Gasteiger partial charge is 0.467 e. The number of nitrogens with one attached hydrogen (secondary N) is 2. The number of hydrogen-bond acceptors (Lipinski definition) is 4. The van der Waals surface area contributed by atoms with Crippen molar-refractivity contribution in [3.63, 3.8) is 0 Å². The zero-order valence-electron chi connectivity index (χ0n) is 8.89. The molecule has 1 rings (SSSR count). The Morgan fingerprint density at radius 3 is 2.81 bits per heavy atom. The molecule has 0 atom stereocenters. The Bertz CT molecular complexity index is 424. The van der Waals surface area contributed by atoms with Crippen LogP contribution in [0.4, 0.5) is 0 Å². The maximum Gasteiger partial charge on any atom is 0.235 e. The number of rotatable bonds is 6. The summed E-state index contributed by atoms with van der Waals surface area (Å²) in [4.78, 5) is 11.2. The smallest absolute Gasteiger partial charge is 0.235 e. The summed E-state index contributed by atoms with van der Waals surface area (Å²) in [5.74, 6) is 0.179. The fraction of sp³-hybridized carbons (Fsp3) is 0.444. The van der Waals surface area contributed by atoms with Crippen LogP contribution in [0.3, 0.4) is 0 Å². The van der Waals surface area contributed by atoms with Crippen molar-refractivity contribution in [1.82, 2.24) is 10.0 Å².